The predicted molar refractivity (Wildman–Crippen MR) is 57.9 cm³/mol. The Bertz CT molecular complexity index is 353. The quantitative estimate of drug-likeness (QED) is 0.461. The van der Waals surface area contributed by atoms with E-state index in [4.69, 9.17) is 5.84 Å². The smallest absolute Gasteiger partial charge is 0.268 e. The normalized spacial score (nSPS) is 9.71. The van der Waals surface area contributed by atoms with Crippen LogP contribution in [0.3, 0.4) is 0 Å². The molecule has 76 valence electrons. The van der Waals surface area contributed by atoms with Crippen molar-refractivity contribution < 1.29 is 4.79 Å². The molecule has 0 radical (unpaired) electrons. The van der Waals surface area contributed by atoms with E-state index in [0.717, 1.165) is 4.47 Å². The van der Waals surface area contributed by atoms with Gasteiger partial charge in [0.25, 0.3) is 5.91 Å². The van der Waals surface area contributed by atoms with Gasteiger partial charge in [-0.25, -0.2) is 10.8 Å². The van der Waals surface area contributed by atoms with E-state index in [0.29, 0.717) is 11.4 Å². The van der Waals surface area contributed by atoms with Crippen molar-refractivity contribution in [2.24, 2.45) is 5.84 Å². The molecule has 1 amide bonds. The molecule has 3 N–H and O–H groups in total. The molecule has 0 saturated carbocycles. The summed E-state index contributed by atoms with van der Waals surface area (Å²) in [7, 11) is 3.62. The first kappa shape index (κ1) is 10.9. The monoisotopic (exact) mass is 258 g/mol. The average molecular weight is 259 g/mol. The van der Waals surface area contributed by atoms with Gasteiger partial charge in [-0.1, -0.05) is 0 Å². The van der Waals surface area contributed by atoms with Crippen molar-refractivity contribution in [3.8, 4) is 0 Å². The molecule has 0 aliphatic carbocycles. The summed E-state index contributed by atoms with van der Waals surface area (Å²) >= 11 is 3.24. The summed E-state index contributed by atoms with van der Waals surface area (Å²) in [6.07, 6.45) is 1.63. The Morgan fingerprint density at radius 1 is 1.64 bits per heavy atom. The number of hydrogen-bond acceptors (Lipinski definition) is 4. The summed E-state index contributed by atoms with van der Waals surface area (Å²) in [5.74, 6) is 5.28. The second-order valence-corrected chi connectivity index (χ2v) is 3.81. The van der Waals surface area contributed by atoms with E-state index in [-0.39, 0.29) is 5.91 Å². The minimum absolute atomic E-state index is 0.359. The van der Waals surface area contributed by atoms with Gasteiger partial charge in [0, 0.05) is 24.8 Å². The maximum atomic E-state index is 11.4. The van der Waals surface area contributed by atoms with E-state index in [2.05, 4.69) is 26.3 Å². The minimum Gasteiger partial charge on any atom is -0.362 e. The van der Waals surface area contributed by atoms with Gasteiger partial charge in [-0.05, 0) is 22.0 Å². The second kappa shape index (κ2) is 4.39. The summed E-state index contributed by atoms with van der Waals surface area (Å²) < 4.78 is 0.738. The molecule has 5 nitrogen and oxygen atoms in total. The standard InChI is InChI=1S/C8H11BrN4O/c1-13(2)7-6(8(14)12-10)3-5(9)4-11-7/h3-4H,10H2,1-2H3,(H,12,14). The maximum Gasteiger partial charge on any atom is 0.268 e. The number of nitrogens with one attached hydrogen (secondary N) is 1. The zero-order valence-corrected chi connectivity index (χ0v) is 9.50. The molecular weight excluding hydrogens is 248 g/mol. The van der Waals surface area contributed by atoms with E-state index in [1.54, 1.807) is 17.2 Å². The number of pyridine rings is 1. The number of rotatable bonds is 2. The molecule has 1 aromatic heterocycles. The topological polar surface area (TPSA) is 71.2 Å². The van der Waals surface area contributed by atoms with Crippen molar-refractivity contribution in [2.75, 3.05) is 19.0 Å². The van der Waals surface area contributed by atoms with Crippen LogP contribution in [0.15, 0.2) is 16.7 Å². The number of hydrogen-bond donors (Lipinski definition) is 2. The van der Waals surface area contributed by atoms with Crippen LogP contribution >= 0.6 is 15.9 Å². The Morgan fingerprint density at radius 2 is 2.29 bits per heavy atom. The van der Waals surface area contributed by atoms with Crippen molar-refractivity contribution in [3.05, 3.63) is 22.3 Å². The van der Waals surface area contributed by atoms with Gasteiger partial charge in [-0.2, -0.15) is 0 Å². The van der Waals surface area contributed by atoms with Crippen LogP contribution in [0.25, 0.3) is 0 Å². The largest absolute Gasteiger partial charge is 0.362 e. The molecule has 1 heterocycles. The van der Waals surface area contributed by atoms with Gasteiger partial charge in [0.05, 0.1) is 5.56 Å². The third kappa shape index (κ3) is 2.21. The molecule has 0 aliphatic rings. The maximum absolute atomic E-state index is 11.4. The van der Waals surface area contributed by atoms with Gasteiger partial charge in [-0.15, -0.1) is 0 Å². The first-order valence-electron chi connectivity index (χ1n) is 3.90. The highest BCUT2D eigenvalue weighted by molar-refractivity contribution is 9.10. The van der Waals surface area contributed by atoms with Gasteiger partial charge < -0.3 is 4.90 Å². The van der Waals surface area contributed by atoms with E-state index in [1.165, 1.54) is 0 Å². The van der Waals surface area contributed by atoms with Gasteiger partial charge in [0.15, 0.2) is 0 Å². The van der Waals surface area contributed by atoms with Gasteiger partial charge in [-0.3, -0.25) is 10.2 Å². The lowest BCUT2D eigenvalue weighted by Gasteiger charge is -2.14. The molecule has 0 unspecified atom stereocenters. The molecule has 0 aromatic carbocycles. The van der Waals surface area contributed by atoms with Crippen molar-refractivity contribution >= 4 is 27.7 Å². The number of hydrazine groups is 1. The molecule has 0 aliphatic heterocycles. The second-order valence-electron chi connectivity index (χ2n) is 2.89. The van der Waals surface area contributed by atoms with Crippen LogP contribution in [-0.2, 0) is 0 Å². The number of nitrogen functional groups attached to an aromatic ring is 1. The SMILES string of the molecule is CN(C)c1ncc(Br)cc1C(=O)NN. The molecule has 0 spiro atoms. The molecule has 6 heteroatoms. The van der Waals surface area contributed by atoms with Crippen LogP contribution in [0.5, 0.6) is 0 Å². The molecule has 0 fully saturated rings. The number of halogens is 1. The Labute approximate surface area is 90.4 Å². The van der Waals surface area contributed by atoms with Crippen LogP contribution in [0.1, 0.15) is 10.4 Å². The highest BCUT2D eigenvalue weighted by atomic mass is 79.9. The van der Waals surface area contributed by atoms with Crippen molar-refractivity contribution in [2.45, 2.75) is 0 Å². The summed E-state index contributed by atoms with van der Waals surface area (Å²) in [6, 6.07) is 1.67. The number of aromatic nitrogens is 1. The van der Waals surface area contributed by atoms with Gasteiger partial charge >= 0.3 is 0 Å². The third-order valence-corrected chi connectivity index (χ3v) is 2.07. The van der Waals surface area contributed by atoms with Crippen LogP contribution in [0.2, 0.25) is 0 Å². The number of carbonyl (C=O) groups is 1. The minimum atomic E-state index is -0.359. The molecule has 1 rings (SSSR count). The first-order chi connectivity index (χ1) is 6.56. The Morgan fingerprint density at radius 3 is 2.79 bits per heavy atom. The van der Waals surface area contributed by atoms with Gasteiger partial charge in [0.1, 0.15) is 5.82 Å². The highest BCUT2D eigenvalue weighted by Crippen LogP contribution is 2.19. The van der Waals surface area contributed by atoms with Crippen LogP contribution in [0.4, 0.5) is 5.82 Å². The third-order valence-electron chi connectivity index (χ3n) is 1.63. The Kier molecular flexibility index (Phi) is 3.43. The number of nitrogens with two attached hydrogens (primary N) is 1. The summed E-state index contributed by atoms with van der Waals surface area (Å²) in [5, 5.41) is 0. The summed E-state index contributed by atoms with van der Waals surface area (Å²) in [6.45, 7) is 0. The zero-order valence-electron chi connectivity index (χ0n) is 7.91. The van der Waals surface area contributed by atoms with E-state index in [1.807, 2.05) is 14.1 Å². The van der Waals surface area contributed by atoms with Crippen LogP contribution < -0.4 is 16.2 Å². The van der Waals surface area contributed by atoms with Gasteiger partial charge in [0.2, 0.25) is 0 Å². The number of nitrogens with zero attached hydrogens (tertiary/aromatic N) is 2. The molecule has 1 aromatic rings. The number of carbonyl (C=O) groups excluding carboxylic acids is 1. The summed E-state index contributed by atoms with van der Waals surface area (Å²) in [5.41, 5.74) is 2.51. The lowest BCUT2D eigenvalue weighted by Crippen LogP contribution is -2.31. The van der Waals surface area contributed by atoms with E-state index in [9.17, 15) is 4.79 Å². The van der Waals surface area contributed by atoms with Crippen molar-refractivity contribution in [1.29, 1.82) is 0 Å². The molecule has 0 bridgehead atoms. The number of anilines is 1. The fourth-order valence-electron chi connectivity index (χ4n) is 1.03. The van der Waals surface area contributed by atoms with Crippen molar-refractivity contribution in [1.82, 2.24) is 10.4 Å². The predicted octanol–water partition coefficient (Wildman–Crippen LogP) is 0.514. The van der Waals surface area contributed by atoms with E-state index >= 15 is 0 Å². The number of amides is 1. The first-order valence-corrected chi connectivity index (χ1v) is 4.69. The average Bonchev–Trinajstić information content (AvgIpc) is 2.16. The summed E-state index contributed by atoms with van der Waals surface area (Å²) in [4.78, 5) is 17.2. The van der Waals surface area contributed by atoms with E-state index < -0.39 is 0 Å². The Balaban J connectivity index is 3.22. The molecule has 0 atom stereocenters. The molecule has 14 heavy (non-hydrogen) atoms. The fourth-order valence-corrected chi connectivity index (χ4v) is 1.36. The molecular formula is C8H11BrN4O. The lowest BCUT2D eigenvalue weighted by atomic mass is 10.2. The Hall–Kier alpha value is -1.14. The van der Waals surface area contributed by atoms with Crippen LogP contribution in [-0.4, -0.2) is 25.0 Å². The van der Waals surface area contributed by atoms with Crippen LogP contribution in [0, 0.1) is 0 Å². The highest BCUT2D eigenvalue weighted by Gasteiger charge is 2.13. The lowest BCUT2D eigenvalue weighted by molar-refractivity contribution is 0.0954. The molecule has 0 saturated heterocycles. The zero-order chi connectivity index (χ0) is 10.7. The van der Waals surface area contributed by atoms with Crippen molar-refractivity contribution in [3.63, 3.8) is 0 Å². The fraction of sp³-hybridized carbons (Fsp3) is 0.250.